The van der Waals surface area contributed by atoms with E-state index in [9.17, 15) is 9.59 Å². The van der Waals surface area contributed by atoms with E-state index in [1.165, 1.54) is 18.7 Å². The molecule has 0 aliphatic rings. The minimum atomic E-state index is 0.0962. The van der Waals surface area contributed by atoms with E-state index >= 15 is 0 Å². The maximum absolute atomic E-state index is 11.7. The number of hydrogen-bond donors (Lipinski definition) is 0. The van der Waals surface area contributed by atoms with Gasteiger partial charge in [-0.05, 0) is 30.7 Å². The van der Waals surface area contributed by atoms with E-state index in [0.717, 1.165) is 6.42 Å². The summed E-state index contributed by atoms with van der Waals surface area (Å²) in [5.74, 6) is 0.801. The van der Waals surface area contributed by atoms with Gasteiger partial charge < -0.3 is 0 Å². The van der Waals surface area contributed by atoms with Crippen molar-refractivity contribution in [1.82, 2.24) is 0 Å². The quantitative estimate of drug-likeness (QED) is 0.597. The maximum atomic E-state index is 11.7. The van der Waals surface area contributed by atoms with Crippen molar-refractivity contribution >= 4 is 34.3 Å². The number of hydrogen-bond acceptors (Lipinski definition) is 3. The number of ketones is 1. The SMILES string of the molecule is CC(=O)SCCCC(=O)c1ccc(Cl)cc1. The van der Waals surface area contributed by atoms with Crippen LogP contribution in [0.25, 0.3) is 0 Å². The summed E-state index contributed by atoms with van der Waals surface area (Å²) in [5, 5.41) is 0.725. The summed E-state index contributed by atoms with van der Waals surface area (Å²) in [6.45, 7) is 1.53. The Balaban J connectivity index is 2.35. The summed E-state index contributed by atoms with van der Waals surface area (Å²) in [5.41, 5.74) is 0.678. The lowest BCUT2D eigenvalue weighted by atomic mass is 10.1. The highest BCUT2D eigenvalue weighted by Gasteiger charge is 2.05. The molecule has 0 N–H and O–H groups in total. The molecule has 0 saturated heterocycles. The first-order chi connectivity index (χ1) is 7.59. The molecule has 0 spiro atoms. The highest BCUT2D eigenvalue weighted by atomic mass is 35.5. The molecule has 2 nitrogen and oxygen atoms in total. The third-order valence-corrected chi connectivity index (χ3v) is 3.17. The summed E-state index contributed by atoms with van der Waals surface area (Å²) in [6.07, 6.45) is 1.20. The lowest BCUT2D eigenvalue weighted by Gasteiger charge is -2.00. The Labute approximate surface area is 104 Å². The van der Waals surface area contributed by atoms with Gasteiger partial charge in [0.1, 0.15) is 0 Å². The molecule has 0 bridgehead atoms. The van der Waals surface area contributed by atoms with E-state index in [1.54, 1.807) is 24.3 Å². The Morgan fingerprint density at radius 3 is 2.44 bits per heavy atom. The van der Waals surface area contributed by atoms with Crippen LogP contribution in [0.4, 0.5) is 0 Å². The lowest BCUT2D eigenvalue weighted by molar-refractivity contribution is -0.109. The highest BCUT2D eigenvalue weighted by molar-refractivity contribution is 8.13. The van der Waals surface area contributed by atoms with Gasteiger partial charge >= 0.3 is 0 Å². The summed E-state index contributed by atoms with van der Waals surface area (Å²) in [7, 11) is 0. The van der Waals surface area contributed by atoms with Crippen molar-refractivity contribution in [2.45, 2.75) is 19.8 Å². The number of Topliss-reactive ketones (excluding diaryl/α,β-unsaturated/α-hetero) is 1. The Morgan fingerprint density at radius 1 is 1.25 bits per heavy atom. The van der Waals surface area contributed by atoms with Crippen molar-refractivity contribution in [2.75, 3.05) is 5.75 Å². The molecule has 0 amide bonds. The molecule has 0 aromatic heterocycles. The predicted octanol–water partition coefficient (Wildman–Crippen LogP) is 3.58. The average molecular weight is 257 g/mol. The van der Waals surface area contributed by atoms with Crippen molar-refractivity contribution < 1.29 is 9.59 Å². The number of thioether (sulfide) groups is 1. The summed E-state index contributed by atoms with van der Waals surface area (Å²) in [4.78, 5) is 22.3. The molecule has 1 aromatic carbocycles. The Morgan fingerprint density at radius 2 is 1.88 bits per heavy atom. The number of rotatable bonds is 5. The zero-order chi connectivity index (χ0) is 12.0. The molecule has 1 aromatic rings. The van der Waals surface area contributed by atoms with Crippen molar-refractivity contribution in [3.05, 3.63) is 34.9 Å². The topological polar surface area (TPSA) is 34.1 Å². The standard InChI is InChI=1S/C12H13ClO2S/c1-9(14)16-8-2-3-12(15)10-4-6-11(13)7-5-10/h4-7H,2-3,8H2,1H3. The third-order valence-electron chi connectivity index (χ3n) is 2.02. The first kappa shape index (κ1) is 13.3. The first-order valence-corrected chi connectivity index (χ1v) is 6.38. The molecule has 0 radical (unpaired) electrons. The normalized spacial score (nSPS) is 10.1. The van der Waals surface area contributed by atoms with Gasteiger partial charge in [0, 0.05) is 29.7 Å². The van der Waals surface area contributed by atoms with Crippen LogP contribution >= 0.6 is 23.4 Å². The molecule has 0 saturated carbocycles. The lowest BCUT2D eigenvalue weighted by Crippen LogP contribution is -1.99. The van der Waals surface area contributed by atoms with E-state index < -0.39 is 0 Å². The van der Waals surface area contributed by atoms with Crippen LogP contribution in [0.2, 0.25) is 5.02 Å². The van der Waals surface area contributed by atoms with Crippen molar-refractivity contribution in [3.8, 4) is 0 Å². The van der Waals surface area contributed by atoms with Gasteiger partial charge in [0.05, 0.1) is 0 Å². The van der Waals surface area contributed by atoms with Crippen LogP contribution in [0.1, 0.15) is 30.1 Å². The summed E-state index contributed by atoms with van der Waals surface area (Å²) < 4.78 is 0. The van der Waals surface area contributed by atoms with Gasteiger partial charge in [-0.25, -0.2) is 0 Å². The molecule has 0 aliphatic carbocycles. The first-order valence-electron chi connectivity index (χ1n) is 5.01. The van der Waals surface area contributed by atoms with E-state index in [0.29, 0.717) is 22.8 Å². The molecule has 0 heterocycles. The smallest absolute Gasteiger partial charge is 0.185 e. The molecule has 86 valence electrons. The van der Waals surface area contributed by atoms with Crippen LogP contribution in [0.3, 0.4) is 0 Å². The number of carbonyl (C=O) groups excluding carboxylic acids is 2. The van der Waals surface area contributed by atoms with E-state index in [-0.39, 0.29) is 10.9 Å². The summed E-state index contributed by atoms with van der Waals surface area (Å²) >= 11 is 6.98. The van der Waals surface area contributed by atoms with Gasteiger partial charge in [-0.1, -0.05) is 23.4 Å². The number of halogens is 1. The molecule has 0 atom stereocenters. The summed E-state index contributed by atoms with van der Waals surface area (Å²) in [6, 6.07) is 6.86. The molecule has 1 rings (SSSR count). The minimum Gasteiger partial charge on any atom is -0.294 e. The van der Waals surface area contributed by atoms with E-state index in [2.05, 4.69) is 0 Å². The molecule has 0 aliphatic heterocycles. The van der Waals surface area contributed by atoms with Gasteiger partial charge in [0.25, 0.3) is 0 Å². The third kappa shape index (κ3) is 4.81. The maximum Gasteiger partial charge on any atom is 0.185 e. The Kier molecular flexibility index (Phi) is 5.56. The van der Waals surface area contributed by atoms with Gasteiger partial charge in [0.2, 0.25) is 0 Å². The number of benzene rings is 1. The molecule has 0 unspecified atom stereocenters. The van der Waals surface area contributed by atoms with Crippen molar-refractivity contribution in [3.63, 3.8) is 0 Å². The average Bonchev–Trinajstić information content (AvgIpc) is 2.25. The van der Waals surface area contributed by atoms with E-state index in [1.807, 2.05) is 0 Å². The molecule has 4 heteroatoms. The Hall–Kier alpha value is -0.800. The highest BCUT2D eigenvalue weighted by Crippen LogP contribution is 2.13. The van der Waals surface area contributed by atoms with Gasteiger partial charge in [-0.15, -0.1) is 0 Å². The van der Waals surface area contributed by atoms with Gasteiger partial charge in [0.15, 0.2) is 10.9 Å². The van der Waals surface area contributed by atoms with Gasteiger partial charge in [-0.2, -0.15) is 0 Å². The van der Waals surface area contributed by atoms with Crippen molar-refractivity contribution in [1.29, 1.82) is 0 Å². The zero-order valence-corrected chi connectivity index (χ0v) is 10.6. The minimum absolute atomic E-state index is 0.0962. The largest absolute Gasteiger partial charge is 0.294 e. The van der Waals surface area contributed by atoms with Crippen LogP contribution < -0.4 is 0 Å². The van der Waals surface area contributed by atoms with Crippen LogP contribution in [-0.4, -0.2) is 16.7 Å². The second-order valence-electron chi connectivity index (χ2n) is 3.37. The van der Waals surface area contributed by atoms with Crippen LogP contribution in [-0.2, 0) is 4.79 Å². The molecular formula is C12H13ClO2S. The monoisotopic (exact) mass is 256 g/mol. The number of carbonyl (C=O) groups is 2. The van der Waals surface area contributed by atoms with Crippen LogP contribution in [0.5, 0.6) is 0 Å². The molecule has 0 fully saturated rings. The molecule has 16 heavy (non-hydrogen) atoms. The van der Waals surface area contributed by atoms with Crippen LogP contribution in [0, 0.1) is 0 Å². The predicted molar refractivity (Wildman–Crippen MR) is 68.2 cm³/mol. The Bertz CT molecular complexity index is 373. The second-order valence-corrected chi connectivity index (χ2v) is 5.08. The van der Waals surface area contributed by atoms with Crippen LogP contribution in [0.15, 0.2) is 24.3 Å². The second kappa shape index (κ2) is 6.71. The fourth-order valence-corrected chi connectivity index (χ4v) is 1.93. The molecular weight excluding hydrogens is 244 g/mol. The fourth-order valence-electron chi connectivity index (χ4n) is 1.23. The van der Waals surface area contributed by atoms with E-state index in [4.69, 9.17) is 11.6 Å². The van der Waals surface area contributed by atoms with Gasteiger partial charge in [-0.3, -0.25) is 9.59 Å². The zero-order valence-electron chi connectivity index (χ0n) is 9.03. The van der Waals surface area contributed by atoms with Crippen molar-refractivity contribution in [2.24, 2.45) is 0 Å². The fraction of sp³-hybridized carbons (Fsp3) is 0.333.